The van der Waals surface area contributed by atoms with E-state index in [1.165, 1.54) is 0 Å². The second-order valence-corrected chi connectivity index (χ2v) is 6.75. The van der Waals surface area contributed by atoms with Crippen molar-refractivity contribution in [3.05, 3.63) is 11.1 Å². The molecule has 2 nitrogen and oxygen atoms in total. The molecule has 1 aromatic heterocycles. The van der Waals surface area contributed by atoms with Crippen LogP contribution in [0.3, 0.4) is 0 Å². The second kappa shape index (κ2) is 5.12. The molecule has 0 aromatic carbocycles. The smallest absolute Gasteiger partial charge is 0.150 e. The maximum Gasteiger partial charge on any atom is 0.150 e. The third-order valence-corrected chi connectivity index (χ3v) is 3.95. The summed E-state index contributed by atoms with van der Waals surface area (Å²) in [4.78, 5) is 15.3. The van der Waals surface area contributed by atoms with Crippen LogP contribution in [-0.4, -0.2) is 16.5 Å². The van der Waals surface area contributed by atoms with Gasteiger partial charge in [-0.2, -0.15) is 0 Å². The minimum atomic E-state index is 0.121. The maximum atomic E-state index is 10.8. The predicted molar refractivity (Wildman–Crippen MR) is 66.8 cm³/mol. The van der Waals surface area contributed by atoms with Gasteiger partial charge >= 0.3 is 0 Å². The van der Waals surface area contributed by atoms with Gasteiger partial charge in [0.1, 0.15) is 10.1 Å². The second-order valence-electron chi connectivity index (χ2n) is 4.55. The Labute approximate surface area is 99.5 Å². The number of hydrogen-bond acceptors (Lipinski definition) is 4. The van der Waals surface area contributed by atoms with E-state index in [0.717, 1.165) is 15.8 Å². The van der Waals surface area contributed by atoms with Crippen molar-refractivity contribution in [2.24, 2.45) is 0 Å². The molecule has 0 aliphatic heterocycles. The number of aromatic nitrogens is 1. The molecule has 1 rings (SSSR count). The predicted octanol–water partition coefficient (Wildman–Crippen LogP) is 3.51. The molecule has 0 amide bonds. The van der Waals surface area contributed by atoms with Crippen molar-refractivity contribution in [1.29, 1.82) is 0 Å². The fourth-order valence-electron chi connectivity index (χ4n) is 0.950. The van der Waals surface area contributed by atoms with E-state index in [9.17, 15) is 4.79 Å². The number of nitrogens with zero attached hydrogens (tertiary/aromatic N) is 1. The number of carbonyl (C=O) groups excluding carboxylic acids is 1. The molecule has 0 aliphatic carbocycles. The Morgan fingerprint density at radius 1 is 1.53 bits per heavy atom. The van der Waals surface area contributed by atoms with E-state index >= 15 is 0 Å². The molecule has 0 saturated heterocycles. The first-order valence-corrected chi connectivity index (χ1v) is 6.84. The van der Waals surface area contributed by atoms with Crippen molar-refractivity contribution >= 4 is 28.9 Å². The van der Waals surface area contributed by atoms with Crippen LogP contribution in [0.25, 0.3) is 0 Å². The van der Waals surface area contributed by atoms with Crippen molar-refractivity contribution in [3.8, 4) is 0 Å². The summed E-state index contributed by atoms with van der Waals surface area (Å²) in [6.45, 7) is 8.10. The first-order valence-electron chi connectivity index (χ1n) is 4.98. The van der Waals surface area contributed by atoms with Crippen molar-refractivity contribution < 1.29 is 4.79 Å². The van der Waals surface area contributed by atoms with Crippen LogP contribution < -0.4 is 0 Å². The van der Waals surface area contributed by atoms with Crippen molar-refractivity contribution in [2.45, 2.75) is 43.9 Å². The van der Waals surface area contributed by atoms with Gasteiger partial charge in [-0.3, -0.25) is 4.79 Å². The van der Waals surface area contributed by atoms with E-state index < -0.39 is 0 Å². The molecule has 0 atom stereocenters. The molecule has 4 heteroatoms. The van der Waals surface area contributed by atoms with Gasteiger partial charge in [0.05, 0.1) is 5.69 Å². The Balaban J connectivity index is 2.50. The van der Waals surface area contributed by atoms with Gasteiger partial charge in [-0.1, -0.05) is 32.5 Å². The summed E-state index contributed by atoms with van der Waals surface area (Å²) < 4.78 is 1.07. The molecular weight excluding hydrogens is 226 g/mol. The van der Waals surface area contributed by atoms with Gasteiger partial charge in [0.2, 0.25) is 0 Å². The van der Waals surface area contributed by atoms with Gasteiger partial charge in [-0.15, -0.1) is 11.3 Å². The largest absolute Gasteiger partial charge is 0.300 e. The van der Waals surface area contributed by atoms with Gasteiger partial charge in [0.25, 0.3) is 0 Å². The van der Waals surface area contributed by atoms with Crippen LogP contribution in [0, 0.1) is 0 Å². The fourth-order valence-corrected chi connectivity index (χ4v) is 3.11. The molecular formula is C11H17NOS2. The summed E-state index contributed by atoms with van der Waals surface area (Å²) in [5.41, 5.74) is 1.26. The van der Waals surface area contributed by atoms with Crippen LogP contribution in [0.4, 0.5) is 0 Å². The fraction of sp³-hybridized carbons (Fsp3) is 0.636. The number of rotatable bonds is 4. The number of thiazole rings is 1. The van der Waals surface area contributed by atoms with Crippen LogP contribution >= 0.6 is 23.1 Å². The number of carbonyl (C=O) groups is 1. The Kier molecular flexibility index (Phi) is 4.34. The lowest BCUT2D eigenvalue weighted by atomic mass is 9.93. The number of Topliss-reactive ketones (excluding diaryl/α,β-unsaturated/α-hetero) is 1. The zero-order valence-corrected chi connectivity index (χ0v) is 11.3. The summed E-state index contributed by atoms with van der Waals surface area (Å²) >= 11 is 3.34. The molecule has 0 bridgehead atoms. The third kappa shape index (κ3) is 4.34. The molecule has 0 fully saturated rings. The topological polar surface area (TPSA) is 30.0 Å². The van der Waals surface area contributed by atoms with Gasteiger partial charge in [0, 0.05) is 23.0 Å². The summed E-state index contributed by atoms with van der Waals surface area (Å²) in [5.74, 6) is 1.09. The molecule has 0 N–H and O–H groups in total. The molecule has 1 heterocycles. The van der Waals surface area contributed by atoms with E-state index in [0.29, 0.717) is 6.42 Å². The van der Waals surface area contributed by atoms with Crippen molar-refractivity contribution in [3.63, 3.8) is 0 Å². The van der Waals surface area contributed by atoms with Crippen LogP contribution in [-0.2, 0) is 10.2 Å². The molecule has 0 radical (unpaired) electrons. The lowest BCUT2D eigenvalue weighted by Gasteiger charge is -2.14. The summed E-state index contributed by atoms with van der Waals surface area (Å²) in [7, 11) is 0. The zero-order chi connectivity index (χ0) is 11.5. The van der Waals surface area contributed by atoms with Crippen molar-refractivity contribution in [1.82, 2.24) is 4.98 Å². The van der Waals surface area contributed by atoms with Crippen LogP contribution in [0.1, 0.15) is 39.8 Å². The molecule has 0 unspecified atom stereocenters. The Morgan fingerprint density at radius 2 is 2.20 bits per heavy atom. The standard InChI is InChI=1S/C11H17NOS2/c1-8(13)5-6-14-10-12-9(7-15-10)11(2,3)4/h7H,5-6H2,1-4H3. The molecule has 15 heavy (non-hydrogen) atoms. The van der Waals surface area contributed by atoms with Gasteiger partial charge in [0.15, 0.2) is 0 Å². The molecule has 1 aromatic rings. The lowest BCUT2D eigenvalue weighted by molar-refractivity contribution is -0.116. The normalized spacial score (nSPS) is 11.7. The Hall–Kier alpha value is -0.350. The number of hydrogen-bond donors (Lipinski definition) is 0. The Bertz CT molecular complexity index is 339. The van der Waals surface area contributed by atoms with Gasteiger partial charge in [-0.05, 0) is 6.92 Å². The van der Waals surface area contributed by atoms with E-state index in [1.807, 2.05) is 0 Å². The minimum absolute atomic E-state index is 0.121. The van der Waals surface area contributed by atoms with E-state index in [4.69, 9.17) is 0 Å². The molecule has 0 aliphatic rings. The SMILES string of the molecule is CC(=O)CCSc1nc(C(C)(C)C)cs1. The average molecular weight is 243 g/mol. The van der Waals surface area contributed by atoms with Gasteiger partial charge in [-0.25, -0.2) is 4.98 Å². The third-order valence-electron chi connectivity index (χ3n) is 1.93. The molecule has 0 spiro atoms. The highest BCUT2D eigenvalue weighted by molar-refractivity contribution is 8.01. The molecule has 84 valence electrons. The van der Waals surface area contributed by atoms with E-state index in [2.05, 4.69) is 31.1 Å². The Morgan fingerprint density at radius 3 is 2.67 bits per heavy atom. The lowest BCUT2D eigenvalue weighted by Crippen LogP contribution is -2.11. The zero-order valence-electron chi connectivity index (χ0n) is 9.66. The summed E-state index contributed by atoms with van der Waals surface area (Å²) in [6, 6.07) is 0. The highest BCUT2D eigenvalue weighted by Crippen LogP contribution is 2.29. The van der Waals surface area contributed by atoms with Crippen LogP contribution in [0.5, 0.6) is 0 Å². The first-order chi connectivity index (χ1) is 6.89. The van der Waals surface area contributed by atoms with Crippen molar-refractivity contribution in [2.75, 3.05) is 5.75 Å². The van der Waals surface area contributed by atoms with Crippen LogP contribution in [0.2, 0.25) is 0 Å². The monoisotopic (exact) mass is 243 g/mol. The van der Waals surface area contributed by atoms with Gasteiger partial charge < -0.3 is 0 Å². The van der Waals surface area contributed by atoms with E-state index in [1.54, 1.807) is 30.0 Å². The van der Waals surface area contributed by atoms with Crippen LogP contribution in [0.15, 0.2) is 9.72 Å². The average Bonchev–Trinajstić information content (AvgIpc) is 2.51. The quantitative estimate of drug-likeness (QED) is 0.758. The number of thioether (sulfide) groups is 1. The number of ketones is 1. The summed E-state index contributed by atoms with van der Waals surface area (Å²) in [5, 5.41) is 2.11. The first kappa shape index (κ1) is 12.7. The maximum absolute atomic E-state index is 10.8. The molecule has 0 saturated carbocycles. The summed E-state index contributed by atoms with van der Waals surface area (Å²) in [6.07, 6.45) is 0.634. The minimum Gasteiger partial charge on any atom is -0.300 e. The van der Waals surface area contributed by atoms with E-state index in [-0.39, 0.29) is 11.2 Å². The highest BCUT2D eigenvalue weighted by atomic mass is 32.2. The highest BCUT2D eigenvalue weighted by Gasteiger charge is 2.17.